The molecule has 6 rings (SSSR count). The molecule has 1 aliphatic rings. The van der Waals surface area contributed by atoms with E-state index >= 15 is 0 Å². The SMILES string of the molecule is O=C(Nc1nc2ccc(-c3cc(F)cc(Cl)c3)cc2[nH]1)c1cn2cc(F)cc(OCCN3CCCCC3)c2n1. The average molecular weight is 551 g/mol. The zero-order valence-corrected chi connectivity index (χ0v) is 21.6. The predicted octanol–water partition coefficient (Wildman–Crippen LogP) is 5.93. The van der Waals surface area contributed by atoms with Crippen molar-refractivity contribution in [3.63, 3.8) is 0 Å². The highest BCUT2D eigenvalue weighted by atomic mass is 35.5. The van der Waals surface area contributed by atoms with Crippen LogP contribution < -0.4 is 10.1 Å². The van der Waals surface area contributed by atoms with Gasteiger partial charge in [-0.25, -0.2) is 18.7 Å². The molecule has 8 nitrogen and oxygen atoms in total. The summed E-state index contributed by atoms with van der Waals surface area (Å²) < 4.78 is 35.4. The summed E-state index contributed by atoms with van der Waals surface area (Å²) in [6.07, 6.45) is 6.30. The Bertz CT molecular complexity index is 1660. The van der Waals surface area contributed by atoms with Crippen LogP contribution in [-0.4, -0.2) is 56.4 Å². The number of anilines is 1. The molecule has 2 aromatic carbocycles. The summed E-state index contributed by atoms with van der Waals surface area (Å²) in [5, 5.41) is 3.00. The molecule has 5 aromatic rings. The smallest absolute Gasteiger partial charge is 0.278 e. The number of carbonyl (C=O) groups is 1. The molecule has 3 aromatic heterocycles. The third kappa shape index (κ3) is 5.57. The maximum absolute atomic E-state index is 14.3. The Morgan fingerprint density at radius 2 is 1.85 bits per heavy atom. The van der Waals surface area contributed by atoms with Crippen molar-refractivity contribution < 1.29 is 18.3 Å². The van der Waals surface area contributed by atoms with Crippen LogP contribution in [-0.2, 0) is 0 Å². The van der Waals surface area contributed by atoms with E-state index in [1.165, 1.54) is 54.3 Å². The highest BCUT2D eigenvalue weighted by Gasteiger charge is 2.18. The third-order valence-electron chi connectivity index (χ3n) is 6.74. The van der Waals surface area contributed by atoms with Crippen LogP contribution >= 0.6 is 11.6 Å². The van der Waals surface area contributed by atoms with Crippen molar-refractivity contribution in [2.75, 3.05) is 31.6 Å². The van der Waals surface area contributed by atoms with E-state index in [1.807, 2.05) is 0 Å². The second-order valence-electron chi connectivity index (χ2n) is 9.56. The molecule has 1 amide bonds. The van der Waals surface area contributed by atoms with Crippen LogP contribution in [0.1, 0.15) is 29.8 Å². The van der Waals surface area contributed by atoms with Crippen LogP contribution in [0.3, 0.4) is 0 Å². The highest BCUT2D eigenvalue weighted by Crippen LogP contribution is 2.28. The second kappa shape index (κ2) is 10.6. The normalized spacial score (nSPS) is 14.2. The summed E-state index contributed by atoms with van der Waals surface area (Å²) in [5.41, 5.74) is 3.04. The van der Waals surface area contributed by atoms with Crippen molar-refractivity contribution in [1.29, 1.82) is 0 Å². The van der Waals surface area contributed by atoms with Gasteiger partial charge < -0.3 is 14.1 Å². The van der Waals surface area contributed by atoms with Gasteiger partial charge >= 0.3 is 0 Å². The molecule has 1 aliphatic heterocycles. The number of hydrogen-bond donors (Lipinski definition) is 2. The van der Waals surface area contributed by atoms with Gasteiger partial charge in [-0.2, -0.15) is 0 Å². The molecule has 1 saturated heterocycles. The Morgan fingerprint density at radius 3 is 2.67 bits per heavy atom. The minimum Gasteiger partial charge on any atom is -0.488 e. The lowest BCUT2D eigenvalue weighted by molar-refractivity contribution is 0.102. The minimum absolute atomic E-state index is 0.0806. The lowest BCUT2D eigenvalue weighted by atomic mass is 10.1. The van der Waals surface area contributed by atoms with E-state index in [-0.39, 0.29) is 17.4 Å². The Hall–Kier alpha value is -4.02. The van der Waals surface area contributed by atoms with Crippen LogP contribution in [0.4, 0.5) is 14.7 Å². The van der Waals surface area contributed by atoms with Crippen molar-refractivity contribution >= 4 is 40.1 Å². The molecule has 11 heteroatoms. The molecule has 0 aliphatic carbocycles. The largest absolute Gasteiger partial charge is 0.488 e. The number of aromatic amines is 1. The summed E-state index contributed by atoms with van der Waals surface area (Å²) in [5.74, 6) is -0.953. The maximum atomic E-state index is 14.3. The summed E-state index contributed by atoms with van der Waals surface area (Å²) in [7, 11) is 0. The number of amides is 1. The molecule has 0 unspecified atom stereocenters. The molecule has 0 spiro atoms. The number of carbonyl (C=O) groups excluding carboxylic acids is 1. The number of H-pyrrole nitrogens is 1. The molecule has 0 atom stereocenters. The van der Waals surface area contributed by atoms with Gasteiger partial charge in [0, 0.05) is 30.0 Å². The molecular formula is C28H25ClF2N6O2. The number of benzene rings is 2. The number of fused-ring (bicyclic) bond motifs is 2. The minimum atomic E-state index is -0.519. The third-order valence-corrected chi connectivity index (χ3v) is 6.96. The van der Waals surface area contributed by atoms with Gasteiger partial charge in [-0.05, 0) is 67.4 Å². The number of rotatable bonds is 7. The van der Waals surface area contributed by atoms with Gasteiger partial charge in [0.1, 0.15) is 23.9 Å². The van der Waals surface area contributed by atoms with Gasteiger partial charge in [0.25, 0.3) is 5.91 Å². The van der Waals surface area contributed by atoms with Crippen molar-refractivity contribution in [3.8, 4) is 16.9 Å². The molecule has 1 fully saturated rings. The van der Waals surface area contributed by atoms with Crippen molar-refractivity contribution in [2.45, 2.75) is 19.3 Å². The lowest BCUT2D eigenvalue weighted by Crippen LogP contribution is -2.33. The fourth-order valence-corrected chi connectivity index (χ4v) is 5.08. The number of hydrogen-bond acceptors (Lipinski definition) is 5. The van der Waals surface area contributed by atoms with E-state index in [9.17, 15) is 13.6 Å². The van der Waals surface area contributed by atoms with Gasteiger partial charge in [0.2, 0.25) is 5.95 Å². The molecule has 2 N–H and O–H groups in total. The summed E-state index contributed by atoms with van der Waals surface area (Å²) in [6, 6.07) is 10.9. The lowest BCUT2D eigenvalue weighted by Gasteiger charge is -2.26. The first-order valence-electron chi connectivity index (χ1n) is 12.7. The van der Waals surface area contributed by atoms with E-state index in [1.54, 1.807) is 24.3 Å². The zero-order chi connectivity index (χ0) is 26.9. The van der Waals surface area contributed by atoms with Crippen molar-refractivity contribution in [3.05, 3.63) is 77.2 Å². The van der Waals surface area contributed by atoms with Gasteiger partial charge in [0.05, 0.1) is 11.0 Å². The summed E-state index contributed by atoms with van der Waals surface area (Å²) >= 11 is 6.00. The number of nitrogens with one attached hydrogen (secondary N) is 2. The van der Waals surface area contributed by atoms with Crippen molar-refractivity contribution in [2.24, 2.45) is 0 Å². The first-order chi connectivity index (χ1) is 18.9. The van der Waals surface area contributed by atoms with Crippen LogP contribution in [0, 0.1) is 11.6 Å². The topological polar surface area (TPSA) is 87.5 Å². The molecule has 39 heavy (non-hydrogen) atoms. The maximum Gasteiger partial charge on any atom is 0.278 e. The van der Waals surface area contributed by atoms with E-state index in [0.29, 0.717) is 33.9 Å². The quantitative estimate of drug-likeness (QED) is 0.262. The van der Waals surface area contributed by atoms with Gasteiger partial charge in [0.15, 0.2) is 11.4 Å². The van der Waals surface area contributed by atoms with Gasteiger partial charge in [-0.1, -0.05) is 24.1 Å². The Morgan fingerprint density at radius 1 is 1.00 bits per heavy atom. The average Bonchev–Trinajstić information content (AvgIpc) is 3.52. The first kappa shape index (κ1) is 25.3. The number of likely N-dealkylation sites (tertiary alicyclic amines) is 1. The van der Waals surface area contributed by atoms with E-state index in [2.05, 4.69) is 25.2 Å². The molecule has 0 saturated carbocycles. The molecule has 0 bridgehead atoms. The number of pyridine rings is 1. The van der Waals surface area contributed by atoms with Crippen LogP contribution in [0.2, 0.25) is 5.02 Å². The van der Waals surface area contributed by atoms with E-state index in [0.717, 1.165) is 25.2 Å². The van der Waals surface area contributed by atoms with E-state index in [4.69, 9.17) is 16.3 Å². The fourth-order valence-electron chi connectivity index (χ4n) is 4.86. The standard InChI is InChI=1S/C28H25ClF2N6O2/c29-19-10-18(11-20(30)13-19)17-4-5-22-23(12-17)34-28(33-22)35-27(38)24-16-37-15-21(31)14-25(26(37)32-24)39-9-8-36-6-2-1-3-7-36/h4-5,10-16H,1-3,6-9H2,(H2,33,34,35,38). The van der Waals surface area contributed by atoms with Crippen LogP contribution in [0.15, 0.2) is 54.9 Å². The van der Waals surface area contributed by atoms with Crippen LogP contribution in [0.25, 0.3) is 27.8 Å². The zero-order valence-electron chi connectivity index (χ0n) is 20.9. The van der Waals surface area contributed by atoms with Gasteiger partial charge in [-0.15, -0.1) is 0 Å². The number of nitrogens with zero attached hydrogens (tertiary/aromatic N) is 4. The Balaban J connectivity index is 1.19. The summed E-state index contributed by atoms with van der Waals surface area (Å²) in [4.78, 5) is 27.2. The molecular weight excluding hydrogens is 526 g/mol. The summed E-state index contributed by atoms with van der Waals surface area (Å²) in [6.45, 7) is 3.23. The highest BCUT2D eigenvalue weighted by molar-refractivity contribution is 6.30. The monoisotopic (exact) mass is 550 g/mol. The Kier molecular flexibility index (Phi) is 6.88. The van der Waals surface area contributed by atoms with Crippen molar-refractivity contribution in [1.82, 2.24) is 24.3 Å². The number of aromatic nitrogens is 4. The molecule has 4 heterocycles. The predicted molar refractivity (Wildman–Crippen MR) is 145 cm³/mol. The molecule has 200 valence electrons. The number of halogens is 3. The van der Waals surface area contributed by atoms with E-state index < -0.39 is 17.5 Å². The number of imidazole rings is 2. The molecule has 0 radical (unpaired) electrons. The van der Waals surface area contributed by atoms with Crippen LogP contribution in [0.5, 0.6) is 5.75 Å². The number of ether oxygens (including phenoxy) is 1. The Labute approximate surface area is 227 Å². The number of piperidine rings is 1. The fraction of sp³-hybridized carbons (Fsp3) is 0.250. The van der Waals surface area contributed by atoms with Gasteiger partial charge in [-0.3, -0.25) is 15.0 Å². The first-order valence-corrected chi connectivity index (χ1v) is 13.1. The second-order valence-corrected chi connectivity index (χ2v) is 10.00.